The molecule has 0 aliphatic heterocycles. The van der Waals surface area contributed by atoms with Crippen LogP contribution in [0.2, 0.25) is 0 Å². The fraction of sp³-hybridized carbons (Fsp3) is 0.188. The maximum absolute atomic E-state index is 12.2. The number of rotatable bonds is 4. The standard InChI is InChI=1S/C16H16BrNO2/c1-2-3-11-4-9-15(19)14(10-11)16(20)18-13-7-5-12(17)6-8-13/h4-10,19H,2-3H2,1H3,(H,18,20). The molecule has 0 radical (unpaired) electrons. The summed E-state index contributed by atoms with van der Waals surface area (Å²) < 4.78 is 0.947. The van der Waals surface area contributed by atoms with E-state index in [0.717, 1.165) is 22.9 Å². The second-order valence-corrected chi connectivity index (χ2v) is 5.48. The predicted molar refractivity (Wildman–Crippen MR) is 84.2 cm³/mol. The van der Waals surface area contributed by atoms with Crippen LogP contribution in [0, 0.1) is 0 Å². The molecular formula is C16H16BrNO2. The Kier molecular flexibility index (Phi) is 4.79. The van der Waals surface area contributed by atoms with Crippen LogP contribution in [-0.2, 0) is 6.42 Å². The molecular weight excluding hydrogens is 318 g/mol. The van der Waals surface area contributed by atoms with Crippen LogP contribution in [0.4, 0.5) is 5.69 Å². The number of benzene rings is 2. The van der Waals surface area contributed by atoms with E-state index in [2.05, 4.69) is 28.2 Å². The van der Waals surface area contributed by atoms with Gasteiger partial charge in [0.25, 0.3) is 5.91 Å². The number of hydrogen-bond donors (Lipinski definition) is 2. The number of anilines is 1. The molecule has 0 aliphatic rings. The molecule has 0 spiro atoms. The Hall–Kier alpha value is -1.81. The SMILES string of the molecule is CCCc1ccc(O)c(C(=O)Nc2ccc(Br)cc2)c1. The van der Waals surface area contributed by atoms with Gasteiger partial charge < -0.3 is 10.4 Å². The van der Waals surface area contributed by atoms with Gasteiger partial charge in [-0.3, -0.25) is 4.79 Å². The summed E-state index contributed by atoms with van der Waals surface area (Å²) in [6.07, 6.45) is 1.89. The minimum Gasteiger partial charge on any atom is -0.507 e. The number of halogens is 1. The molecule has 4 heteroatoms. The molecule has 2 aromatic rings. The van der Waals surface area contributed by atoms with Crippen molar-refractivity contribution in [3.05, 3.63) is 58.1 Å². The normalized spacial score (nSPS) is 10.3. The van der Waals surface area contributed by atoms with E-state index < -0.39 is 0 Å². The highest BCUT2D eigenvalue weighted by atomic mass is 79.9. The number of phenols is 1. The molecule has 0 bridgehead atoms. The highest BCUT2D eigenvalue weighted by Gasteiger charge is 2.12. The van der Waals surface area contributed by atoms with Gasteiger partial charge in [-0.05, 0) is 48.4 Å². The maximum Gasteiger partial charge on any atom is 0.259 e. The lowest BCUT2D eigenvalue weighted by molar-refractivity contribution is 0.102. The maximum atomic E-state index is 12.2. The van der Waals surface area contributed by atoms with Crippen molar-refractivity contribution in [2.75, 3.05) is 5.32 Å². The summed E-state index contributed by atoms with van der Waals surface area (Å²) in [5.41, 5.74) is 2.05. The van der Waals surface area contributed by atoms with Crippen molar-refractivity contribution in [1.29, 1.82) is 0 Å². The van der Waals surface area contributed by atoms with E-state index in [1.54, 1.807) is 24.3 Å². The van der Waals surface area contributed by atoms with Crippen LogP contribution < -0.4 is 5.32 Å². The number of carbonyl (C=O) groups excluding carboxylic acids is 1. The van der Waals surface area contributed by atoms with Crippen molar-refractivity contribution in [3.63, 3.8) is 0 Å². The number of carbonyl (C=O) groups is 1. The summed E-state index contributed by atoms with van der Waals surface area (Å²) >= 11 is 3.34. The van der Waals surface area contributed by atoms with Gasteiger partial charge in [0.15, 0.2) is 0 Å². The zero-order valence-corrected chi connectivity index (χ0v) is 12.8. The first-order valence-electron chi connectivity index (χ1n) is 6.49. The third kappa shape index (κ3) is 3.61. The van der Waals surface area contributed by atoms with Crippen LogP contribution in [0.15, 0.2) is 46.9 Å². The molecule has 3 nitrogen and oxygen atoms in total. The summed E-state index contributed by atoms with van der Waals surface area (Å²) in [6.45, 7) is 2.08. The summed E-state index contributed by atoms with van der Waals surface area (Å²) in [5.74, 6) is -0.303. The smallest absolute Gasteiger partial charge is 0.259 e. The van der Waals surface area contributed by atoms with Gasteiger partial charge in [-0.15, -0.1) is 0 Å². The zero-order chi connectivity index (χ0) is 14.5. The Bertz CT molecular complexity index is 608. The van der Waals surface area contributed by atoms with Crippen molar-refractivity contribution >= 4 is 27.5 Å². The number of aromatic hydroxyl groups is 1. The molecule has 2 rings (SSSR count). The van der Waals surface area contributed by atoms with Gasteiger partial charge in [0.2, 0.25) is 0 Å². The molecule has 0 saturated carbocycles. The average Bonchev–Trinajstić information content (AvgIpc) is 2.43. The largest absolute Gasteiger partial charge is 0.507 e. The van der Waals surface area contributed by atoms with E-state index in [0.29, 0.717) is 11.3 Å². The van der Waals surface area contributed by atoms with Gasteiger partial charge in [-0.2, -0.15) is 0 Å². The van der Waals surface area contributed by atoms with E-state index in [-0.39, 0.29) is 11.7 Å². The Morgan fingerprint density at radius 2 is 1.90 bits per heavy atom. The summed E-state index contributed by atoms with van der Waals surface area (Å²) in [4.78, 5) is 12.2. The number of phenolic OH excluding ortho intramolecular Hbond substituents is 1. The van der Waals surface area contributed by atoms with Crippen molar-refractivity contribution in [1.82, 2.24) is 0 Å². The minimum atomic E-state index is -0.303. The molecule has 20 heavy (non-hydrogen) atoms. The molecule has 0 saturated heterocycles. The molecule has 0 atom stereocenters. The number of amides is 1. The second kappa shape index (κ2) is 6.57. The molecule has 0 aliphatic carbocycles. The molecule has 0 fully saturated rings. The minimum absolute atomic E-state index is 0.000496. The lowest BCUT2D eigenvalue weighted by Crippen LogP contribution is -2.12. The van der Waals surface area contributed by atoms with Gasteiger partial charge in [-0.1, -0.05) is 35.3 Å². The lowest BCUT2D eigenvalue weighted by atomic mass is 10.1. The Balaban J connectivity index is 2.19. The molecule has 104 valence electrons. The van der Waals surface area contributed by atoms with Gasteiger partial charge >= 0.3 is 0 Å². The first kappa shape index (κ1) is 14.6. The Labute approximate surface area is 126 Å². The fourth-order valence-electron chi connectivity index (χ4n) is 1.94. The van der Waals surface area contributed by atoms with E-state index in [9.17, 15) is 9.90 Å². The first-order valence-corrected chi connectivity index (χ1v) is 7.28. The second-order valence-electron chi connectivity index (χ2n) is 4.56. The molecule has 0 aromatic heterocycles. The number of hydrogen-bond acceptors (Lipinski definition) is 2. The molecule has 2 aromatic carbocycles. The molecule has 0 unspecified atom stereocenters. The highest BCUT2D eigenvalue weighted by Crippen LogP contribution is 2.21. The van der Waals surface area contributed by atoms with E-state index >= 15 is 0 Å². The van der Waals surface area contributed by atoms with Crippen LogP contribution in [0.1, 0.15) is 29.3 Å². The van der Waals surface area contributed by atoms with Crippen molar-refractivity contribution in [2.24, 2.45) is 0 Å². The van der Waals surface area contributed by atoms with Crippen LogP contribution in [0.3, 0.4) is 0 Å². The van der Waals surface area contributed by atoms with Crippen LogP contribution >= 0.6 is 15.9 Å². The number of aryl methyl sites for hydroxylation is 1. The topological polar surface area (TPSA) is 49.3 Å². The number of nitrogens with one attached hydrogen (secondary N) is 1. The van der Waals surface area contributed by atoms with Crippen LogP contribution in [0.25, 0.3) is 0 Å². The van der Waals surface area contributed by atoms with Crippen LogP contribution in [0.5, 0.6) is 5.75 Å². The van der Waals surface area contributed by atoms with Gasteiger partial charge in [0.05, 0.1) is 5.56 Å². The quantitative estimate of drug-likeness (QED) is 0.873. The molecule has 1 amide bonds. The summed E-state index contributed by atoms with van der Waals surface area (Å²) in [5, 5.41) is 12.6. The van der Waals surface area contributed by atoms with Gasteiger partial charge in [-0.25, -0.2) is 0 Å². The van der Waals surface area contributed by atoms with E-state index in [1.165, 1.54) is 0 Å². The molecule has 0 heterocycles. The van der Waals surface area contributed by atoms with E-state index in [1.807, 2.05) is 18.2 Å². The first-order chi connectivity index (χ1) is 9.60. The monoisotopic (exact) mass is 333 g/mol. The van der Waals surface area contributed by atoms with Crippen molar-refractivity contribution in [3.8, 4) is 5.75 Å². The fourth-order valence-corrected chi connectivity index (χ4v) is 2.21. The van der Waals surface area contributed by atoms with Crippen molar-refractivity contribution in [2.45, 2.75) is 19.8 Å². The van der Waals surface area contributed by atoms with Crippen LogP contribution in [-0.4, -0.2) is 11.0 Å². The third-order valence-electron chi connectivity index (χ3n) is 2.95. The third-order valence-corrected chi connectivity index (χ3v) is 3.48. The summed E-state index contributed by atoms with van der Waals surface area (Å²) in [6, 6.07) is 12.5. The molecule has 2 N–H and O–H groups in total. The predicted octanol–water partition coefficient (Wildman–Crippen LogP) is 4.36. The lowest BCUT2D eigenvalue weighted by Gasteiger charge is -2.09. The van der Waals surface area contributed by atoms with E-state index in [4.69, 9.17) is 0 Å². The Morgan fingerprint density at radius 1 is 1.20 bits per heavy atom. The average molecular weight is 334 g/mol. The van der Waals surface area contributed by atoms with Crippen molar-refractivity contribution < 1.29 is 9.90 Å². The summed E-state index contributed by atoms with van der Waals surface area (Å²) in [7, 11) is 0. The highest BCUT2D eigenvalue weighted by molar-refractivity contribution is 9.10. The van der Waals surface area contributed by atoms with Gasteiger partial charge in [0, 0.05) is 10.2 Å². The zero-order valence-electron chi connectivity index (χ0n) is 11.2. The van der Waals surface area contributed by atoms with Gasteiger partial charge in [0.1, 0.15) is 5.75 Å². The Morgan fingerprint density at radius 3 is 2.55 bits per heavy atom.